The number of methoxy groups -OCH3 is 2. The fraction of sp³-hybridized carbons (Fsp3) is 0.154. The van der Waals surface area contributed by atoms with Crippen molar-refractivity contribution in [3.05, 3.63) is 84.4 Å². The monoisotopic (exact) mass is 488 g/mol. The molecule has 1 heterocycles. The van der Waals surface area contributed by atoms with Crippen molar-refractivity contribution < 1.29 is 19.1 Å². The van der Waals surface area contributed by atoms with Gasteiger partial charge >= 0.3 is 0 Å². The van der Waals surface area contributed by atoms with E-state index in [2.05, 4.69) is 15.5 Å². The van der Waals surface area contributed by atoms with Crippen LogP contribution in [0, 0.1) is 0 Å². The number of rotatable bonds is 10. The lowest BCUT2D eigenvalue weighted by Crippen LogP contribution is -2.30. The highest BCUT2D eigenvalue weighted by atomic mass is 32.2. The summed E-state index contributed by atoms with van der Waals surface area (Å²) in [5.41, 5.74) is 2.13. The minimum absolute atomic E-state index is 0.0684. The molecule has 0 saturated heterocycles. The first-order valence-corrected chi connectivity index (χ1v) is 11.8. The number of nitrogens with zero attached hydrogens (tertiary/aromatic N) is 3. The smallest absolute Gasteiger partial charge is 0.230 e. The number of benzene rings is 3. The first-order chi connectivity index (χ1) is 17.1. The number of thioether (sulfide) groups is 1. The van der Waals surface area contributed by atoms with Crippen LogP contribution in [-0.2, 0) is 4.79 Å². The zero-order chi connectivity index (χ0) is 24.6. The number of carbonyl (C=O) groups excluding carboxylic acids is 2. The van der Waals surface area contributed by atoms with Crippen LogP contribution < -0.4 is 14.8 Å². The first-order valence-electron chi connectivity index (χ1n) is 10.8. The van der Waals surface area contributed by atoms with Gasteiger partial charge in [0.05, 0.1) is 37.8 Å². The fourth-order valence-electron chi connectivity index (χ4n) is 3.42. The normalized spacial score (nSPS) is 10.6. The summed E-state index contributed by atoms with van der Waals surface area (Å²) < 4.78 is 12.7. The van der Waals surface area contributed by atoms with E-state index in [1.165, 1.54) is 11.8 Å². The summed E-state index contributed by atoms with van der Waals surface area (Å²) in [7, 11) is 3.21. The van der Waals surface area contributed by atoms with Gasteiger partial charge in [0, 0.05) is 5.56 Å². The van der Waals surface area contributed by atoms with E-state index >= 15 is 0 Å². The number of amides is 1. The molecule has 0 unspecified atom stereocenters. The van der Waals surface area contributed by atoms with Crippen LogP contribution in [0.25, 0.3) is 17.1 Å². The Balaban J connectivity index is 1.54. The number of para-hydroxylation sites is 1. The molecule has 0 aliphatic heterocycles. The van der Waals surface area contributed by atoms with Crippen LogP contribution in [0.4, 0.5) is 0 Å². The number of hydrogen-bond acceptors (Lipinski definition) is 7. The number of carbonyl (C=O) groups is 2. The molecule has 0 bridgehead atoms. The van der Waals surface area contributed by atoms with Crippen molar-refractivity contribution in [1.29, 1.82) is 0 Å². The molecule has 178 valence electrons. The summed E-state index contributed by atoms with van der Waals surface area (Å²) in [5, 5.41) is 12.0. The molecule has 8 nitrogen and oxygen atoms in total. The fourth-order valence-corrected chi connectivity index (χ4v) is 4.20. The first kappa shape index (κ1) is 24.0. The molecule has 4 rings (SSSR count). The predicted molar refractivity (Wildman–Crippen MR) is 134 cm³/mol. The van der Waals surface area contributed by atoms with Crippen LogP contribution in [-0.4, -0.2) is 53.0 Å². The summed E-state index contributed by atoms with van der Waals surface area (Å²) in [5.74, 6) is 1.60. The van der Waals surface area contributed by atoms with Crippen molar-refractivity contribution >= 4 is 23.5 Å². The molecule has 0 radical (unpaired) electrons. The average molecular weight is 489 g/mol. The third kappa shape index (κ3) is 5.70. The Hall–Kier alpha value is -4.11. The molecule has 0 atom stereocenters. The van der Waals surface area contributed by atoms with Gasteiger partial charge in [0.25, 0.3) is 0 Å². The molecule has 1 N–H and O–H groups in total. The molecular formula is C26H24N4O4S. The lowest BCUT2D eigenvalue weighted by molar-refractivity contribution is -0.118. The Morgan fingerprint density at radius 1 is 0.886 bits per heavy atom. The van der Waals surface area contributed by atoms with Crippen LogP contribution in [0.15, 0.2) is 84.0 Å². The number of nitrogens with one attached hydrogen (secondary N) is 1. The summed E-state index contributed by atoms with van der Waals surface area (Å²) in [6.45, 7) is -0.0684. The minimum Gasteiger partial charge on any atom is -0.497 e. The van der Waals surface area contributed by atoms with Crippen molar-refractivity contribution in [3.8, 4) is 28.6 Å². The third-order valence-electron chi connectivity index (χ3n) is 5.19. The van der Waals surface area contributed by atoms with Crippen LogP contribution in [0.5, 0.6) is 11.5 Å². The van der Waals surface area contributed by atoms with E-state index in [9.17, 15) is 9.59 Å². The number of ether oxygens (including phenoxy) is 2. The lowest BCUT2D eigenvalue weighted by atomic mass is 10.1. The van der Waals surface area contributed by atoms with Crippen molar-refractivity contribution in [2.75, 3.05) is 26.5 Å². The Bertz CT molecular complexity index is 1310. The van der Waals surface area contributed by atoms with E-state index in [1.807, 2.05) is 59.2 Å². The van der Waals surface area contributed by atoms with E-state index < -0.39 is 0 Å². The van der Waals surface area contributed by atoms with Gasteiger partial charge in [-0.15, -0.1) is 10.2 Å². The maximum atomic E-state index is 12.5. The largest absolute Gasteiger partial charge is 0.497 e. The summed E-state index contributed by atoms with van der Waals surface area (Å²) in [6.07, 6.45) is 0. The highest BCUT2D eigenvalue weighted by molar-refractivity contribution is 7.99. The second kappa shape index (κ2) is 11.3. The molecule has 0 spiro atoms. The number of hydrogen-bond donors (Lipinski definition) is 1. The number of aromatic nitrogens is 3. The van der Waals surface area contributed by atoms with E-state index in [0.717, 1.165) is 17.0 Å². The highest BCUT2D eigenvalue weighted by Crippen LogP contribution is 2.33. The lowest BCUT2D eigenvalue weighted by Gasteiger charge is -2.13. The van der Waals surface area contributed by atoms with E-state index in [0.29, 0.717) is 22.3 Å². The molecule has 4 aromatic rings. The summed E-state index contributed by atoms with van der Waals surface area (Å²) in [6, 6.07) is 23.9. The molecular weight excluding hydrogens is 464 g/mol. The predicted octanol–water partition coefficient (Wildman–Crippen LogP) is 4.04. The van der Waals surface area contributed by atoms with Crippen LogP contribution in [0.1, 0.15) is 10.4 Å². The Morgan fingerprint density at radius 3 is 2.31 bits per heavy atom. The zero-order valence-electron chi connectivity index (χ0n) is 19.3. The van der Waals surface area contributed by atoms with Gasteiger partial charge in [-0.3, -0.25) is 14.2 Å². The molecule has 1 amide bonds. The summed E-state index contributed by atoms with van der Waals surface area (Å²) >= 11 is 1.23. The van der Waals surface area contributed by atoms with Crippen molar-refractivity contribution in [3.63, 3.8) is 0 Å². The van der Waals surface area contributed by atoms with Gasteiger partial charge in [-0.1, -0.05) is 54.2 Å². The van der Waals surface area contributed by atoms with Gasteiger partial charge in [0.1, 0.15) is 11.5 Å². The SMILES string of the molecule is COc1ccc(-n2c(SCC(=O)NCC(=O)c3ccccc3)nnc2-c2ccccc2OC)cc1. The second-order valence-corrected chi connectivity index (χ2v) is 8.34. The van der Waals surface area contributed by atoms with E-state index in [-0.39, 0.29) is 24.0 Å². The maximum Gasteiger partial charge on any atom is 0.230 e. The van der Waals surface area contributed by atoms with Gasteiger partial charge in [-0.2, -0.15) is 0 Å². The van der Waals surface area contributed by atoms with Crippen molar-refractivity contribution in [2.24, 2.45) is 0 Å². The third-order valence-corrected chi connectivity index (χ3v) is 6.12. The zero-order valence-corrected chi connectivity index (χ0v) is 20.1. The number of ketones is 1. The van der Waals surface area contributed by atoms with Crippen LogP contribution in [0.3, 0.4) is 0 Å². The number of Topliss-reactive ketones (excluding diaryl/α,β-unsaturated/α-hetero) is 1. The Kier molecular flexibility index (Phi) is 7.79. The highest BCUT2D eigenvalue weighted by Gasteiger charge is 2.20. The topological polar surface area (TPSA) is 95.3 Å². The van der Waals surface area contributed by atoms with Crippen molar-refractivity contribution in [2.45, 2.75) is 5.16 Å². The molecule has 0 saturated carbocycles. The minimum atomic E-state index is -0.276. The van der Waals surface area contributed by atoms with Gasteiger partial charge in [0.2, 0.25) is 5.91 Å². The average Bonchev–Trinajstić information content (AvgIpc) is 3.34. The molecule has 0 aliphatic rings. The quantitative estimate of drug-likeness (QED) is 0.266. The van der Waals surface area contributed by atoms with Gasteiger partial charge in [-0.25, -0.2) is 0 Å². The molecule has 3 aromatic carbocycles. The Labute approximate surface area is 207 Å². The molecule has 9 heteroatoms. The standard InChI is InChI=1S/C26H24N4O4S/c1-33-20-14-12-19(13-15-20)30-25(21-10-6-7-11-23(21)34-2)28-29-26(30)35-17-24(32)27-16-22(31)18-8-4-3-5-9-18/h3-15H,16-17H2,1-2H3,(H,27,32). The van der Waals surface area contributed by atoms with E-state index in [1.54, 1.807) is 38.5 Å². The molecule has 0 aliphatic carbocycles. The van der Waals surface area contributed by atoms with Gasteiger partial charge < -0.3 is 14.8 Å². The van der Waals surface area contributed by atoms with Gasteiger partial charge in [-0.05, 0) is 36.4 Å². The van der Waals surface area contributed by atoms with Crippen LogP contribution >= 0.6 is 11.8 Å². The second-order valence-electron chi connectivity index (χ2n) is 7.39. The maximum absolute atomic E-state index is 12.5. The Morgan fingerprint density at radius 2 is 1.60 bits per heavy atom. The summed E-state index contributed by atoms with van der Waals surface area (Å²) in [4.78, 5) is 24.7. The molecule has 1 aromatic heterocycles. The molecule has 35 heavy (non-hydrogen) atoms. The van der Waals surface area contributed by atoms with E-state index in [4.69, 9.17) is 9.47 Å². The molecule has 0 fully saturated rings. The van der Waals surface area contributed by atoms with Crippen molar-refractivity contribution in [1.82, 2.24) is 20.1 Å². The van der Waals surface area contributed by atoms with Crippen LogP contribution in [0.2, 0.25) is 0 Å². The van der Waals surface area contributed by atoms with Gasteiger partial charge in [0.15, 0.2) is 16.8 Å².